The molecule has 1 aromatic rings. The molecule has 82 valence electrons. The molecule has 0 aliphatic rings. The van der Waals surface area contributed by atoms with E-state index in [1.54, 1.807) is 12.1 Å². The van der Waals surface area contributed by atoms with Crippen LogP contribution in [0.2, 0.25) is 0 Å². The second kappa shape index (κ2) is 4.41. The summed E-state index contributed by atoms with van der Waals surface area (Å²) in [5.41, 5.74) is 5.54. The number of hydrogen-bond acceptors (Lipinski definition) is 4. The maximum Gasteiger partial charge on any atom is 0.238 e. The maximum atomic E-state index is 11.2. The van der Waals surface area contributed by atoms with Gasteiger partial charge in [-0.1, -0.05) is 6.07 Å². The molecule has 1 aromatic carbocycles. The van der Waals surface area contributed by atoms with Crippen molar-refractivity contribution in [2.75, 3.05) is 18.1 Å². The molecule has 6 heteroatoms. The Bertz CT molecular complexity index is 468. The van der Waals surface area contributed by atoms with Crippen LogP contribution in [0.4, 0.5) is 5.69 Å². The zero-order valence-electron chi connectivity index (χ0n) is 8.23. The largest absolute Gasteiger partial charge is 0.325 e. The van der Waals surface area contributed by atoms with E-state index >= 15 is 0 Å². The molecule has 0 unspecified atom stereocenters. The molecule has 0 bridgehead atoms. The number of hydrogen-bond donors (Lipinski definition) is 2. The molecule has 5 nitrogen and oxygen atoms in total. The molecule has 0 aliphatic carbocycles. The van der Waals surface area contributed by atoms with E-state index in [1.165, 1.54) is 12.1 Å². The normalized spacial score (nSPS) is 11.1. The first kappa shape index (κ1) is 11.7. The molecule has 0 fully saturated rings. The first-order chi connectivity index (χ1) is 6.93. The molecule has 0 heterocycles. The minimum atomic E-state index is -3.25. The number of nitrogens with one attached hydrogen (secondary N) is 1. The Labute approximate surface area is 88.2 Å². The quantitative estimate of drug-likeness (QED) is 0.761. The van der Waals surface area contributed by atoms with Gasteiger partial charge in [-0.2, -0.15) is 0 Å². The van der Waals surface area contributed by atoms with E-state index in [0.717, 1.165) is 6.26 Å². The van der Waals surface area contributed by atoms with Crippen molar-refractivity contribution in [1.29, 1.82) is 0 Å². The van der Waals surface area contributed by atoms with Gasteiger partial charge < -0.3 is 11.1 Å². The fourth-order valence-corrected chi connectivity index (χ4v) is 1.68. The van der Waals surface area contributed by atoms with Crippen LogP contribution in [0.25, 0.3) is 0 Å². The molecular weight excluding hydrogens is 216 g/mol. The average Bonchev–Trinajstić information content (AvgIpc) is 2.17. The van der Waals surface area contributed by atoms with Gasteiger partial charge >= 0.3 is 0 Å². The van der Waals surface area contributed by atoms with Gasteiger partial charge in [0.1, 0.15) is 0 Å². The van der Waals surface area contributed by atoms with Gasteiger partial charge in [0.25, 0.3) is 0 Å². The van der Waals surface area contributed by atoms with Gasteiger partial charge in [0.15, 0.2) is 9.84 Å². The molecule has 15 heavy (non-hydrogen) atoms. The van der Waals surface area contributed by atoms with E-state index in [2.05, 4.69) is 5.32 Å². The molecule has 0 atom stereocenters. The van der Waals surface area contributed by atoms with E-state index in [-0.39, 0.29) is 17.3 Å². The van der Waals surface area contributed by atoms with Gasteiger partial charge in [0.05, 0.1) is 11.4 Å². The summed E-state index contributed by atoms with van der Waals surface area (Å²) < 4.78 is 22.4. The minimum absolute atomic E-state index is 0.136. The topological polar surface area (TPSA) is 89.3 Å². The highest BCUT2D eigenvalue weighted by Gasteiger charge is 2.07. The van der Waals surface area contributed by atoms with E-state index < -0.39 is 9.84 Å². The van der Waals surface area contributed by atoms with Crippen LogP contribution >= 0.6 is 0 Å². The first-order valence-corrected chi connectivity index (χ1v) is 6.12. The molecule has 0 aromatic heterocycles. The predicted octanol–water partition coefficient (Wildman–Crippen LogP) is -0.0127. The Morgan fingerprint density at radius 1 is 1.47 bits per heavy atom. The van der Waals surface area contributed by atoms with Crippen molar-refractivity contribution < 1.29 is 13.2 Å². The van der Waals surface area contributed by atoms with Crippen LogP contribution in [0, 0.1) is 0 Å². The molecular formula is C9H12N2O3S. The fourth-order valence-electron chi connectivity index (χ4n) is 1.02. The molecule has 0 spiro atoms. The SMILES string of the molecule is CS(=O)(=O)c1cccc(NC(=O)CN)c1. The number of carbonyl (C=O) groups excluding carboxylic acids is 1. The summed E-state index contributed by atoms with van der Waals surface area (Å²) in [6.07, 6.45) is 1.11. The summed E-state index contributed by atoms with van der Waals surface area (Å²) in [4.78, 5) is 11.1. The third kappa shape index (κ3) is 3.34. The lowest BCUT2D eigenvalue weighted by Gasteiger charge is -2.04. The average molecular weight is 228 g/mol. The van der Waals surface area contributed by atoms with E-state index in [0.29, 0.717) is 5.69 Å². The van der Waals surface area contributed by atoms with Crippen LogP contribution in [0.15, 0.2) is 29.2 Å². The lowest BCUT2D eigenvalue weighted by Crippen LogP contribution is -2.21. The third-order valence-electron chi connectivity index (χ3n) is 1.73. The van der Waals surface area contributed by atoms with Gasteiger partial charge in [-0.15, -0.1) is 0 Å². The van der Waals surface area contributed by atoms with Crippen LogP contribution < -0.4 is 11.1 Å². The van der Waals surface area contributed by atoms with Crippen LogP contribution in [-0.2, 0) is 14.6 Å². The van der Waals surface area contributed by atoms with Crippen LogP contribution in [-0.4, -0.2) is 27.1 Å². The Hall–Kier alpha value is -1.40. The minimum Gasteiger partial charge on any atom is -0.325 e. The van der Waals surface area contributed by atoms with Crippen LogP contribution in [0.3, 0.4) is 0 Å². The molecule has 1 rings (SSSR count). The summed E-state index contributed by atoms with van der Waals surface area (Å²) >= 11 is 0. The Kier molecular flexibility index (Phi) is 3.43. The van der Waals surface area contributed by atoms with Gasteiger partial charge in [-0.05, 0) is 18.2 Å². The predicted molar refractivity (Wildman–Crippen MR) is 57.2 cm³/mol. The van der Waals surface area contributed by atoms with Crippen molar-refractivity contribution in [2.45, 2.75) is 4.90 Å². The van der Waals surface area contributed by atoms with Crippen LogP contribution in [0.1, 0.15) is 0 Å². The maximum absolute atomic E-state index is 11.2. The summed E-state index contributed by atoms with van der Waals surface area (Å²) in [7, 11) is -3.25. The lowest BCUT2D eigenvalue weighted by atomic mass is 10.3. The summed E-state index contributed by atoms with van der Waals surface area (Å²) in [5.74, 6) is -0.361. The highest BCUT2D eigenvalue weighted by molar-refractivity contribution is 7.90. The molecule has 0 radical (unpaired) electrons. The monoisotopic (exact) mass is 228 g/mol. The summed E-state index contributed by atoms with van der Waals surface area (Å²) in [5, 5.41) is 2.48. The van der Waals surface area contributed by atoms with E-state index in [9.17, 15) is 13.2 Å². The number of carbonyl (C=O) groups is 1. The third-order valence-corrected chi connectivity index (χ3v) is 2.84. The Balaban J connectivity index is 2.99. The molecule has 0 saturated heterocycles. The zero-order valence-corrected chi connectivity index (χ0v) is 9.04. The first-order valence-electron chi connectivity index (χ1n) is 4.23. The fraction of sp³-hybridized carbons (Fsp3) is 0.222. The number of anilines is 1. The summed E-state index contributed by atoms with van der Waals surface area (Å²) in [6.45, 7) is -0.136. The lowest BCUT2D eigenvalue weighted by molar-refractivity contribution is -0.114. The smallest absolute Gasteiger partial charge is 0.238 e. The molecule has 0 aliphatic heterocycles. The van der Waals surface area contributed by atoms with Gasteiger partial charge in [-0.25, -0.2) is 8.42 Å². The molecule has 1 amide bonds. The Morgan fingerprint density at radius 3 is 2.67 bits per heavy atom. The van der Waals surface area contributed by atoms with Crippen LogP contribution in [0.5, 0.6) is 0 Å². The summed E-state index contributed by atoms with van der Waals surface area (Å²) in [6, 6.07) is 6.01. The number of amides is 1. The molecule has 0 saturated carbocycles. The van der Waals surface area contributed by atoms with E-state index in [1.807, 2.05) is 0 Å². The van der Waals surface area contributed by atoms with Crippen molar-refractivity contribution in [3.05, 3.63) is 24.3 Å². The second-order valence-corrected chi connectivity index (χ2v) is 5.07. The van der Waals surface area contributed by atoms with E-state index in [4.69, 9.17) is 5.73 Å². The standard InChI is InChI=1S/C9H12N2O3S/c1-15(13,14)8-4-2-3-7(5-8)11-9(12)6-10/h2-5H,6,10H2,1H3,(H,11,12). The zero-order chi connectivity index (χ0) is 11.5. The highest BCUT2D eigenvalue weighted by atomic mass is 32.2. The number of benzene rings is 1. The van der Waals surface area contributed by atoms with Crippen molar-refractivity contribution in [3.8, 4) is 0 Å². The number of rotatable bonds is 3. The van der Waals surface area contributed by atoms with Crippen molar-refractivity contribution >= 4 is 21.4 Å². The number of nitrogens with two attached hydrogens (primary N) is 1. The number of sulfone groups is 1. The van der Waals surface area contributed by atoms with Crippen molar-refractivity contribution in [3.63, 3.8) is 0 Å². The van der Waals surface area contributed by atoms with Crippen molar-refractivity contribution in [1.82, 2.24) is 0 Å². The highest BCUT2D eigenvalue weighted by Crippen LogP contribution is 2.14. The van der Waals surface area contributed by atoms with Crippen molar-refractivity contribution in [2.24, 2.45) is 5.73 Å². The second-order valence-electron chi connectivity index (χ2n) is 3.05. The Morgan fingerprint density at radius 2 is 2.13 bits per heavy atom. The molecule has 3 N–H and O–H groups in total. The van der Waals surface area contributed by atoms with Gasteiger partial charge in [-0.3, -0.25) is 4.79 Å². The van der Waals surface area contributed by atoms with Gasteiger partial charge in [0, 0.05) is 11.9 Å². The van der Waals surface area contributed by atoms with Gasteiger partial charge in [0.2, 0.25) is 5.91 Å².